The van der Waals surface area contributed by atoms with Crippen LogP contribution in [-0.4, -0.2) is 32.8 Å². The summed E-state index contributed by atoms with van der Waals surface area (Å²) in [6.07, 6.45) is 1.78. The van der Waals surface area contributed by atoms with Gasteiger partial charge in [0.25, 0.3) is 5.91 Å². The molecule has 0 radical (unpaired) electrons. The SMILES string of the molecule is Cc1ccccc1NC(=O)c1cc(P)c(-c2cn(C)c(CO)n2)cc1OCC(C)(C)F. The molecule has 1 heterocycles. The molecule has 1 amide bonds. The fourth-order valence-corrected chi connectivity index (χ4v) is 3.45. The van der Waals surface area contributed by atoms with Crippen LogP contribution in [0.15, 0.2) is 42.6 Å². The standard InChI is InChI=1S/C23H27FN3O3P/c1-14-7-5-6-8-17(14)26-22(29)16-10-20(31)15(9-19(16)30-13-23(2,3)24)18-11-27(4)21(12-28)25-18/h5-11,28H,12-13,31H2,1-4H3,(H,26,29). The topological polar surface area (TPSA) is 76.4 Å². The van der Waals surface area contributed by atoms with E-state index in [1.807, 2.05) is 31.2 Å². The smallest absolute Gasteiger partial charge is 0.259 e. The first-order chi connectivity index (χ1) is 14.6. The van der Waals surface area contributed by atoms with Gasteiger partial charge in [-0.25, -0.2) is 9.37 Å². The predicted molar refractivity (Wildman–Crippen MR) is 124 cm³/mol. The van der Waals surface area contributed by atoms with Crippen molar-refractivity contribution < 1.29 is 19.0 Å². The van der Waals surface area contributed by atoms with Gasteiger partial charge in [0, 0.05) is 24.5 Å². The van der Waals surface area contributed by atoms with Crippen molar-refractivity contribution in [3.63, 3.8) is 0 Å². The number of imidazole rings is 1. The van der Waals surface area contributed by atoms with Gasteiger partial charge in [-0.3, -0.25) is 4.79 Å². The molecule has 0 saturated heterocycles. The number of ether oxygens (including phenoxy) is 1. The van der Waals surface area contributed by atoms with Crippen molar-refractivity contribution in [2.45, 2.75) is 33.0 Å². The molecule has 0 saturated carbocycles. The zero-order valence-corrected chi connectivity index (χ0v) is 19.2. The van der Waals surface area contributed by atoms with Crippen LogP contribution in [-0.2, 0) is 13.7 Å². The fourth-order valence-electron chi connectivity index (χ4n) is 3.05. The van der Waals surface area contributed by atoms with Crippen molar-refractivity contribution in [2.24, 2.45) is 7.05 Å². The molecular formula is C23H27FN3O3P. The zero-order valence-electron chi connectivity index (χ0n) is 18.1. The Kier molecular flexibility index (Phi) is 6.77. The second-order valence-corrected chi connectivity index (χ2v) is 8.65. The third-order valence-electron chi connectivity index (χ3n) is 4.75. The van der Waals surface area contributed by atoms with Gasteiger partial charge in [-0.05, 0) is 49.8 Å². The lowest BCUT2D eigenvalue weighted by atomic mass is 10.1. The van der Waals surface area contributed by atoms with E-state index in [0.717, 1.165) is 10.9 Å². The van der Waals surface area contributed by atoms with E-state index in [-0.39, 0.29) is 24.9 Å². The first-order valence-corrected chi connectivity index (χ1v) is 10.4. The number of halogens is 1. The minimum absolute atomic E-state index is 0.195. The summed E-state index contributed by atoms with van der Waals surface area (Å²) < 4.78 is 21.6. The maximum Gasteiger partial charge on any atom is 0.259 e. The highest BCUT2D eigenvalue weighted by Gasteiger charge is 2.22. The Bertz CT molecular complexity index is 1110. The molecule has 0 aliphatic rings. The number of alkyl halides is 1. The van der Waals surface area contributed by atoms with Crippen LogP contribution >= 0.6 is 9.24 Å². The number of aromatic nitrogens is 2. The van der Waals surface area contributed by atoms with Gasteiger partial charge in [0.2, 0.25) is 0 Å². The summed E-state index contributed by atoms with van der Waals surface area (Å²) in [7, 11) is 4.39. The van der Waals surface area contributed by atoms with E-state index in [1.165, 1.54) is 13.8 Å². The molecule has 3 aromatic rings. The van der Waals surface area contributed by atoms with Crippen LogP contribution in [0.1, 0.15) is 35.6 Å². The number of para-hydroxylation sites is 1. The molecule has 0 aliphatic carbocycles. The van der Waals surface area contributed by atoms with Crippen molar-refractivity contribution in [3.8, 4) is 17.0 Å². The molecule has 1 aromatic heterocycles. The molecule has 0 spiro atoms. The second kappa shape index (κ2) is 9.16. The summed E-state index contributed by atoms with van der Waals surface area (Å²) in [4.78, 5) is 17.5. The van der Waals surface area contributed by atoms with E-state index in [4.69, 9.17) is 4.74 Å². The lowest BCUT2D eigenvalue weighted by molar-refractivity contribution is 0.1000. The van der Waals surface area contributed by atoms with Crippen LogP contribution in [0, 0.1) is 6.92 Å². The number of aliphatic hydroxyl groups is 1. The molecule has 8 heteroatoms. The van der Waals surface area contributed by atoms with E-state index < -0.39 is 5.67 Å². The van der Waals surface area contributed by atoms with Crippen molar-refractivity contribution in [3.05, 3.63) is 59.5 Å². The number of benzene rings is 2. The molecular weight excluding hydrogens is 416 g/mol. The van der Waals surface area contributed by atoms with Gasteiger partial charge in [0.05, 0.1) is 11.3 Å². The van der Waals surface area contributed by atoms with Crippen LogP contribution in [0.4, 0.5) is 10.1 Å². The summed E-state index contributed by atoms with van der Waals surface area (Å²) in [6.45, 7) is 4.33. The largest absolute Gasteiger partial charge is 0.489 e. The van der Waals surface area contributed by atoms with Crippen LogP contribution in [0.25, 0.3) is 11.3 Å². The summed E-state index contributed by atoms with van der Waals surface area (Å²) in [5.74, 6) is 0.413. The first kappa shape index (κ1) is 22.9. The van der Waals surface area contributed by atoms with E-state index in [0.29, 0.717) is 28.3 Å². The van der Waals surface area contributed by atoms with Crippen LogP contribution in [0.2, 0.25) is 0 Å². The van der Waals surface area contributed by atoms with E-state index in [1.54, 1.807) is 29.9 Å². The fraction of sp³-hybridized carbons (Fsp3) is 0.304. The summed E-state index contributed by atoms with van der Waals surface area (Å²) in [5, 5.41) is 13.1. The number of nitrogens with zero attached hydrogens (tertiary/aromatic N) is 2. The third-order valence-corrected chi connectivity index (χ3v) is 5.23. The minimum atomic E-state index is -1.57. The van der Waals surface area contributed by atoms with Gasteiger partial charge in [0.15, 0.2) is 0 Å². The summed E-state index contributed by atoms with van der Waals surface area (Å²) in [5.41, 5.74) is 1.66. The van der Waals surface area contributed by atoms with Gasteiger partial charge in [-0.1, -0.05) is 18.2 Å². The van der Waals surface area contributed by atoms with Crippen LogP contribution in [0.5, 0.6) is 5.75 Å². The van der Waals surface area contributed by atoms with Crippen molar-refractivity contribution in [1.29, 1.82) is 0 Å². The Morgan fingerprint density at radius 2 is 2.03 bits per heavy atom. The average Bonchev–Trinajstić information content (AvgIpc) is 3.08. The Morgan fingerprint density at radius 3 is 2.65 bits per heavy atom. The average molecular weight is 443 g/mol. The highest BCUT2D eigenvalue weighted by Crippen LogP contribution is 2.29. The van der Waals surface area contributed by atoms with Gasteiger partial charge in [0.1, 0.15) is 30.5 Å². The number of aryl methyl sites for hydroxylation is 2. The van der Waals surface area contributed by atoms with Gasteiger partial charge >= 0.3 is 0 Å². The lowest BCUT2D eigenvalue weighted by Gasteiger charge is -2.19. The number of hydrogen-bond acceptors (Lipinski definition) is 4. The number of aliphatic hydroxyl groups excluding tert-OH is 1. The molecule has 2 aromatic carbocycles. The van der Waals surface area contributed by atoms with Crippen molar-refractivity contribution in [1.82, 2.24) is 9.55 Å². The number of anilines is 1. The maximum absolute atomic E-state index is 14.1. The number of hydrogen-bond donors (Lipinski definition) is 2. The molecule has 2 N–H and O–H groups in total. The molecule has 6 nitrogen and oxygen atoms in total. The molecule has 3 rings (SSSR count). The van der Waals surface area contributed by atoms with Gasteiger partial charge < -0.3 is 19.7 Å². The molecule has 0 aliphatic heterocycles. The van der Waals surface area contributed by atoms with Crippen molar-refractivity contribution >= 4 is 26.1 Å². The lowest BCUT2D eigenvalue weighted by Crippen LogP contribution is -2.24. The molecule has 1 unspecified atom stereocenters. The van der Waals surface area contributed by atoms with Gasteiger partial charge in [-0.15, -0.1) is 9.24 Å². The van der Waals surface area contributed by atoms with Crippen molar-refractivity contribution in [2.75, 3.05) is 11.9 Å². The molecule has 31 heavy (non-hydrogen) atoms. The number of rotatable bonds is 7. The van der Waals surface area contributed by atoms with E-state index >= 15 is 0 Å². The molecule has 0 fully saturated rings. The molecule has 0 bridgehead atoms. The first-order valence-electron chi connectivity index (χ1n) is 9.84. The van der Waals surface area contributed by atoms with E-state index in [2.05, 4.69) is 19.5 Å². The number of carbonyl (C=O) groups is 1. The highest BCUT2D eigenvalue weighted by molar-refractivity contribution is 7.28. The maximum atomic E-state index is 14.1. The molecule has 1 atom stereocenters. The van der Waals surface area contributed by atoms with Crippen LogP contribution < -0.4 is 15.4 Å². The summed E-state index contributed by atoms with van der Waals surface area (Å²) in [6, 6.07) is 10.8. The predicted octanol–water partition coefficient (Wildman–Crippen LogP) is 3.77. The minimum Gasteiger partial charge on any atom is -0.489 e. The zero-order chi connectivity index (χ0) is 22.8. The number of nitrogens with one attached hydrogen (secondary N) is 1. The Hall–Kier alpha value is -2.76. The van der Waals surface area contributed by atoms with E-state index in [9.17, 15) is 14.3 Å². The third kappa shape index (κ3) is 5.49. The summed E-state index contributed by atoms with van der Waals surface area (Å²) >= 11 is 0. The monoisotopic (exact) mass is 443 g/mol. The Balaban J connectivity index is 2.03. The highest BCUT2D eigenvalue weighted by atomic mass is 31.0. The Morgan fingerprint density at radius 1 is 1.32 bits per heavy atom. The molecule has 164 valence electrons. The van der Waals surface area contributed by atoms with Crippen LogP contribution in [0.3, 0.4) is 0 Å². The quantitative estimate of drug-likeness (QED) is 0.545. The Labute approximate surface area is 183 Å². The number of amides is 1. The normalized spacial score (nSPS) is 11.5. The van der Waals surface area contributed by atoms with Gasteiger partial charge in [-0.2, -0.15) is 0 Å². The number of carbonyl (C=O) groups excluding carboxylic acids is 1. The second-order valence-electron chi connectivity index (χ2n) is 8.02.